The molecule has 1 saturated heterocycles. The Kier molecular flexibility index (Phi) is 6.27. The summed E-state index contributed by atoms with van der Waals surface area (Å²) in [5.74, 6) is 1.44. The fourth-order valence-electron chi connectivity index (χ4n) is 2.95. The van der Waals surface area contributed by atoms with Gasteiger partial charge in [0.25, 0.3) is 0 Å². The Bertz CT molecular complexity index is 845. The summed E-state index contributed by atoms with van der Waals surface area (Å²) in [6, 6.07) is 16.0. The quantitative estimate of drug-likeness (QED) is 0.729. The average molecular weight is 391 g/mol. The van der Waals surface area contributed by atoms with Gasteiger partial charge in [0, 0.05) is 35.8 Å². The number of halogens is 2. The topological polar surface area (TPSA) is 54.0 Å². The summed E-state index contributed by atoms with van der Waals surface area (Å²) in [5.41, 5.74) is 3.24. The van der Waals surface area contributed by atoms with Crippen molar-refractivity contribution in [2.75, 3.05) is 26.3 Å². The molecule has 0 aliphatic carbocycles. The van der Waals surface area contributed by atoms with Gasteiger partial charge in [0.1, 0.15) is 0 Å². The van der Waals surface area contributed by atoms with Crippen molar-refractivity contribution in [3.63, 3.8) is 0 Å². The van der Waals surface area contributed by atoms with Gasteiger partial charge in [-0.1, -0.05) is 29.8 Å². The molecule has 0 saturated carbocycles. The molecule has 0 unspecified atom stereocenters. The Hall–Kier alpha value is -1.92. The number of hydrogen-bond acceptors (Lipinski definition) is 4. The summed E-state index contributed by atoms with van der Waals surface area (Å²) in [5, 5.41) is 8.09. The normalized spacial score (nSPS) is 14.8. The van der Waals surface area contributed by atoms with E-state index in [1.165, 1.54) is 5.56 Å². The Morgan fingerprint density at radius 3 is 2.58 bits per heavy atom. The fraction of sp³-hybridized carbons (Fsp3) is 0.263. The summed E-state index contributed by atoms with van der Waals surface area (Å²) in [7, 11) is 0. The van der Waals surface area contributed by atoms with Crippen molar-refractivity contribution >= 4 is 24.0 Å². The number of benzene rings is 2. The monoisotopic (exact) mass is 390 g/mol. The van der Waals surface area contributed by atoms with Crippen molar-refractivity contribution in [3.05, 3.63) is 59.1 Å². The summed E-state index contributed by atoms with van der Waals surface area (Å²) in [6.45, 7) is 4.50. The molecule has 0 atom stereocenters. The number of hydrogen-bond donors (Lipinski definition) is 1. The molecule has 0 spiro atoms. The van der Waals surface area contributed by atoms with E-state index < -0.39 is 0 Å². The molecule has 1 aliphatic heterocycles. The molecule has 1 aromatic heterocycles. The second-order valence-electron chi connectivity index (χ2n) is 6.10. The van der Waals surface area contributed by atoms with Crippen molar-refractivity contribution in [2.24, 2.45) is 0 Å². The highest BCUT2D eigenvalue weighted by molar-refractivity contribution is 6.30. The lowest BCUT2D eigenvalue weighted by Gasteiger charge is -2.26. The first kappa shape index (κ1) is 18.9. The third kappa shape index (κ3) is 4.43. The summed E-state index contributed by atoms with van der Waals surface area (Å²) < 4.78 is 5.41. The number of nitrogens with one attached hydrogen (secondary N) is 1. The molecule has 0 bridgehead atoms. The van der Waals surface area contributed by atoms with E-state index in [2.05, 4.69) is 38.3 Å². The Morgan fingerprint density at radius 2 is 1.81 bits per heavy atom. The molecule has 4 rings (SSSR count). The minimum Gasteiger partial charge on any atom is -0.379 e. The SMILES string of the molecule is Cl.Clc1ccc(-c2nc(-c3cccc(CN4CCOCC4)c3)n[nH]2)cc1. The third-order valence-electron chi connectivity index (χ3n) is 4.30. The molecule has 7 heteroatoms. The molecule has 0 radical (unpaired) electrons. The van der Waals surface area contributed by atoms with E-state index in [9.17, 15) is 0 Å². The van der Waals surface area contributed by atoms with Gasteiger partial charge in [-0.15, -0.1) is 12.4 Å². The fourth-order valence-corrected chi connectivity index (χ4v) is 3.08. The molecule has 5 nitrogen and oxygen atoms in total. The number of morpholine rings is 1. The zero-order valence-corrected chi connectivity index (χ0v) is 15.8. The molecule has 1 aliphatic rings. The smallest absolute Gasteiger partial charge is 0.181 e. The summed E-state index contributed by atoms with van der Waals surface area (Å²) in [6.07, 6.45) is 0. The number of ether oxygens (including phenoxy) is 1. The number of nitrogens with zero attached hydrogens (tertiary/aromatic N) is 3. The van der Waals surface area contributed by atoms with E-state index in [0.717, 1.165) is 49.8 Å². The molecule has 3 aromatic rings. The minimum absolute atomic E-state index is 0. The zero-order valence-electron chi connectivity index (χ0n) is 14.2. The van der Waals surface area contributed by atoms with Crippen molar-refractivity contribution < 1.29 is 4.74 Å². The summed E-state index contributed by atoms with van der Waals surface area (Å²) in [4.78, 5) is 7.03. The van der Waals surface area contributed by atoms with Crippen LogP contribution in [-0.4, -0.2) is 46.4 Å². The van der Waals surface area contributed by atoms with Crippen molar-refractivity contribution in [1.29, 1.82) is 0 Å². The van der Waals surface area contributed by atoms with Crippen LogP contribution in [0, 0.1) is 0 Å². The van der Waals surface area contributed by atoms with E-state index in [0.29, 0.717) is 10.8 Å². The molecule has 2 heterocycles. The lowest BCUT2D eigenvalue weighted by Crippen LogP contribution is -2.35. The molecule has 0 amide bonds. The molecular formula is C19H20Cl2N4O. The van der Waals surface area contributed by atoms with Gasteiger partial charge in [0.2, 0.25) is 0 Å². The third-order valence-corrected chi connectivity index (χ3v) is 4.55. The van der Waals surface area contributed by atoms with Crippen LogP contribution in [0.25, 0.3) is 22.8 Å². The van der Waals surface area contributed by atoms with Gasteiger partial charge >= 0.3 is 0 Å². The first-order valence-corrected chi connectivity index (χ1v) is 8.73. The lowest BCUT2D eigenvalue weighted by molar-refractivity contribution is 0.0342. The van der Waals surface area contributed by atoms with Gasteiger partial charge in [-0.3, -0.25) is 10.00 Å². The predicted octanol–water partition coefficient (Wildman–Crippen LogP) is 4.05. The molecular weight excluding hydrogens is 371 g/mol. The lowest BCUT2D eigenvalue weighted by atomic mass is 10.1. The average Bonchev–Trinajstić information content (AvgIpc) is 3.14. The first-order chi connectivity index (χ1) is 12.3. The number of aromatic nitrogens is 3. The molecule has 1 N–H and O–H groups in total. The van der Waals surface area contributed by atoms with Crippen LogP contribution >= 0.6 is 24.0 Å². The van der Waals surface area contributed by atoms with E-state index in [4.69, 9.17) is 16.3 Å². The first-order valence-electron chi connectivity index (χ1n) is 8.36. The Labute approximate surface area is 163 Å². The van der Waals surface area contributed by atoms with Crippen LogP contribution in [0.1, 0.15) is 5.56 Å². The van der Waals surface area contributed by atoms with Crippen molar-refractivity contribution in [1.82, 2.24) is 20.1 Å². The minimum atomic E-state index is 0. The largest absolute Gasteiger partial charge is 0.379 e. The van der Waals surface area contributed by atoms with Gasteiger partial charge in [0.15, 0.2) is 11.6 Å². The van der Waals surface area contributed by atoms with E-state index >= 15 is 0 Å². The van der Waals surface area contributed by atoms with Crippen molar-refractivity contribution in [2.45, 2.75) is 6.54 Å². The maximum atomic E-state index is 5.94. The highest BCUT2D eigenvalue weighted by Gasteiger charge is 2.12. The van der Waals surface area contributed by atoms with Crippen LogP contribution in [0.5, 0.6) is 0 Å². The van der Waals surface area contributed by atoms with E-state index in [1.54, 1.807) is 0 Å². The van der Waals surface area contributed by atoms with Gasteiger partial charge in [-0.05, 0) is 35.9 Å². The van der Waals surface area contributed by atoms with Crippen LogP contribution < -0.4 is 0 Å². The van der Waals surface area contributed by atoms with Crippen molar-refractivity contribution in [3.8, 4) is 22.8 Å². The van der Waals surface area contributed by atoms with Crippen LogP contribution in [-0.2, 0) is 11.3 Å². The van der Waals surface area contributed by atoms with Crippen LogP contribution in [0.2, 0.25) is 5.02 Å². The highest BCUT2D eigenvalue weighted by atomic mass is 35.5. The van der Waals surface area contributed by atoms with E-state index in [1.807, 2.05) is 30.3 Å². The second kappa shape index (κ2) is 8.64. The van der Waals surface area contributed by atoms with E-state index in [-0.39, 0.29) is 12.4 Å². The standard InChI is InChI=1S/C19H19ClN4O.ClH/c20-17-6-4-15(5-7-17)18-21-19(23-22-18)16-3-1-2-14(12-16)13-24-8-10-25-11-9-24;/h1-7,12H,8-11,13H2,(H,21,22,23);1H. The van der Waals surface area contributed by atoms with Crippen LogP contribution in [0.3, 0.4) is 0 Å². The number of aromatic amines is 1. The summed E-state index contributed by atoms with van der Waals surface area (Å²) >= 11 is 5.94. The maximum absolute atomic E-state index is 5.94. The van der Waals surface area contributed by atoms with Gasteiger partial charge in [-0.2, -0.15) is 5.10 Å². The maximum Gasteiger partial charge on any atom is 0.181 e. The Morgan fingerprint density at radius 1 is 1.04 bits per heavy atom. The molecule has 1 fully saturated rings. The van der Waals surface area contributed by atoms with Crippen LogP contribution in [0.4, 0.5) is 0 Å². The zero-order chi connectivity index (χ0) is 17.1. The molecule has 136 valence electrons. The highest BCUT2D eigenvalue weighted by Crippen LogP contribution is 2.22. The molecule has 2 aromatic carbocycles. The Balaban J connectivity index is 0.00000196. The number of rotatable bonds is 4. The van der Waals surface area contributed by atoms with Gasteiger partial charge < -0.3 is 4.74 Å². The second-order valence-corrected chi connectivity index (χ2v) is 6.54. The molecule has 26 heavy (non-hydrogen) atoms. The van der Waals surface area contributed by atoms with Gasteiger partial charge in [0.05, 0.1) is 13.2 Å². The van der Waals surface area contributed by atoms with Crippen LogP contribution in [0.15, 0.2) is 48.5 Å². The van der Waals surface area contributed by atoms with Gasteiger partial charge in [-0.25, -0.2) is 4.98 Å². The predicted molar refractivity (Wildman–Crippen MR) is 106 cm³/mol. The number of H-pyrrole nitrogens is 1.